The number of hydrogen-bond donors (Lipinski definition) is 1. The number of hydrogen-bond acceptors (Lipinski definition) is 6. The minimum Gasteiger partial charge on any atom is -0.389 e. The summed E-state index contributed by atoms with van der Waals surface area (Å²) in [7, 11) is 0. The van der Waals surface area contributed by atoms with Crippen molar-refractivity contribution >= 4 is 5.95 Å². The number of ether oxygens (including phenoxy) is 1. The molecule has 1 fully saturated rings. The van der Waals surface area contributed by atoms with Crippen LogP contribution in [0.2, 0.25) is 0 Å². The maximum absolute atomic E-state index is 9.88. The van der Waals surface area contributed by atoms with Crippen LogP contribution in [0.25, 0.3) is 0 Å². The first-order chi connectivity index (χ1) is 10.1. The van der Waals surface area contributed by atoms with Gasteiger partial charge in [0.2, 0.25) is 5.95 Å². The summed E-state index contributed by atoms with van der Waals surface area (Å²) in [4.78, 5) is 13.5. The molecule has 1 aromatic rings. The van der Waals surface area contributed by atoms with Crippen LogP contribution in [0.3, 0.4) is 0 Å². The fraction of sp³-hybridized carbons (Fsp3) is 0.733. The lowest BCUT2D eigenvalue weighted by Crippen LogP contribution is -2.49. The number of aliphatic hydroxyl groups is 1. The van der Waals surface area contributed by atoms with E-state index in [2.05, 4.69) is 19.8 Å². The van der Waals surface area contributed by atoms with Crippen LogP contribution in [0.15, 0.2) is 6.07 Å². The van der Waals surface area contributed by atoms with Crippen molar-refractivity contribution in [1.29, 1.82) is 0 Å². The Hall–Kier alpha value is -1.24. The Morgan fingerprint density at radius 2 is 1.81 bits per heavy atom. The second-order valence-corrected chi connectivity index (χ2v) is 5.55. The monoisotopic (exact) mass is 294 g/mol. The zero-order valence-corrected chi connectivity index (χ0v) is 13.2. The average molecular weight is 294 g/mol. The highest BCUT2D eigenvalue weighted by molar-refractivity contribution is 5.32. The lowest BCUT2D eigenvalue weighted by molar-refractivity contribution is 0.0202. The van der Waals surface area contributed by atoms with Gasteiger partial charge in [-0.1, -0.05) is 0 Å². The number of aromatic nitrogens is 2. The Morgan fingerprint density at radius 3 is 2.38 bits per heavy atom. The van der Waals surface area contributed by atoms with Crippen LogP contribution in [0.1, 0.15) is 18.3 Å². The molecule has 2 heterocycles. The Bertz CT molecular complexity index is 427. The molecule has 6 heteroatoms. The van der Waals surface area contributed by atoms with E-state index < -0.39 is 6.10 Å². The first-order valence-electron chi connectivity index (χ1n) is 7.64. The highest BCUT2D eigenvalue weighted by Crippen LogP contribution is 2.13. The van der Waals surface area contributed by atoms with E-state index in [1.807, 2.05) is 26.8 Å². The molecule has 0 amide bonds. The molecule has 0 radical (unpaired) electrons. The molecule has 0 saturated carbocycles. The lowest BCUT2D eigenvalue weighted by Gasteiger charge is -2.35. The van der Waals surface area contributed by atoms with Gasteiger partial charge < -0.3 is 14.7 Å². The highest BCUT2D eigenvalue weighted by Gasteiger charge is 2.21. The molecule has 118 valence electrons. The van der Waals surface area contributed by atoms with E-state index in [-0.39, 0.29) is 0 Å². The number of piperazine rings is 1. The molecule has 1 atom stereocenters. The molecule has 1 saturated heterocycles. The van der Waals surface area contributed by atoms with Gasteiger partial charge in [0, 0.05) is 50.7 Å². The van der Waals surface area contributed by atoms with Crippen molar-refractivity contribution in [2.45, 2.75) is 26.9 Å². The van der Waals surface area contributed by atoms with Crippen LogP contribution in [0, 0.1) is 13.8 Å². The SMILES string of the molecule is CCOCC(O)CN1CCN(c2nc(C)cc(C)n2)CC1. The number of aliphatic hydroxyl groups excluding tert-OH is 1. The maximum Gasteiger partial charge on any atom is 0.225 e. The smallest absolute Gasteiger partial charge is 0.225 e. The molecule has 1 N–H and O–H groups in total. The average Bonchev–Trinajstić information content (AvgIpc) is 2.45. The first kappa shape index (κ1) is 16.1. The summed E-state index contributed by atoms with van der Waals surface area (Å²) in [5, 5.41) is 9.88. The minimum absolute atomic E-state index is 0.408. The molecule has 21 heavy (non-hydrogen) atoms. The summed E-state index contributed by atoms with van der Waals surface area (Å²) in [5.74, 6) is 0.821. The molecule has 1 aliphatic rings. The van der Waals surface area contributed by atoms with Gasteiger partial charge in [0.05, 0.1) is 12.7 Å². The molecular weight excluding hydrogens is 268 g/mol. The van der Waals surface area contributed by atoms with Crippen molar-refractivity contribution in [2.24, 2.45) is 0 Å². The zero-order valence-electron chi connectivity index (χ0n) is 13.2. The van der Waals surface area contributed by atoms with Crippen molar-refractivity contribution in [1.82, 2.24) is 14.9 Å². The molecule has 6 nitrogen and oxygen atoms in total. The van der Waals surface area contributed by atoms with E-state index in [0.29, 0.717) is 19.8 Å². The van der Waals surface area contributed by atoms with E-state index in [1.54, 1.807) is 0 Å². The Labute approximate surface area is 126 Å². The zero-order chi connectivity index (χ0) is 15.2. The summed E-state index contributed by atoms with van der Waals surface area (Å²) in [6, 6.07) is 1.99. The second-order valence-electron chi connectivity index (χ2n) is 5.55. The van der Waals surface area contributed by atoms with Crippen LogP contribution < -0.4 is 4.90 Å². The van der Waals surface area contributed by atoms with Crippen molar-refractivity contribution in [3.05, 3.63) is 17.5 Å². The molecule has 0 aliphatic carbocycles. The Kier molecular flexibility index (Phi) is 5.90. The van der Waals surface area contributed by atoms with E-state index in [4.69, 9.17) is 4.74 Å². The molecule has 1 aromatic heterocycles. The number of nitrogens with zero attached hydrogens (tertiary/aromatic N) is 4. The second kappa shape index (κ2) is 7.68. The normalized spacial score (nSPS) is 18.0. The van der Waals surface area contributed by atoms with E-state index in [1.165, 1.54) is 0 Å². The lowest BCUT2D eigenvalue weighted by atomic mass is 10.2. The van der Waals surface area contributed by atoms with Crippen molar-refractivity contribution in [3.8, 4) is 0 Å². The maximum atomic E-state index is 9.88. The van der Waals surface area contributed by atoms with Gasteiger partial charge in [-0.2, -0.15) is 0 Å². The van der Waals surface area contributed by atoms with Gasteiger partial charge in [-0.15, -0.1) is 0 Å². The molecule has 0 spiro atoms. The quantitative estimate of drug-likeness (QED) is 0.829. The summed E-state index contributed by atoms with van der Waals surface area (Å²) in [6.45, 7) is 11.3. The van der Waals surface area contributed by atoms with Crippen molar-refractivity contribution < 1.29 is 9.84 Å². The van der Waals surface area contributed by atoms with E-state index >= 15 is 0 Å². The standard InChI is InChI=1S/C15H26N4O2/c1-4-21-11-14(20)10-18-5-7-19(8-6-18)15-16-12(2)9-13(3)17-15/h9,14,20H,4-8,10-11H2,1-3H3. The summed E-state index contributed by atoms with van der Waals surface area (Å²) in [5.41, 5.74) is 2.01. The van der Waals surface area contributed by atoms with Gasteiger partial charge in [-0.05, 0) is 26.8 Å². The molecule has 0 aromatic carbocycles. The third kappa shape index (κ3) is 4.91. The molecule has 0 bridgehead atoms. The van der Waals surface area contributed by atoms with Gasteiger partial charge in [0.1, 0.15) is 0 Å². The minimum atomic E-state index is -0.408. The Morgan fingerprint density at radius 1 is 1.19 bits per heavy atom. The number of rotatable bonds is 6. The van der Waals surface area contributed by atoms with Crippen LogP contribution in [0.4, 0.5) is 5.95 Å². The number of aryl methyl sites for hydroxylation is 2. The molecule has 1 unspecified atom stereocenters. The molecule has 1 aliphatic heterocycles. The first-order valence-corrected chi connectivity index (χ1v) is 7.64. The van der Waals surface area contributed by atoms with Gasteiger partial charge in [-0.25, -0.2) is 9.97 Å². The van der Waals surface area contributed by atoms with Crippen LogP contribution in [-0.2, 0) is 4.74 Å². The van der Waals surface area contributed by atoms with Gasteiger partial charge in [0.25, 0.3) is 0 Å². The van der Waals surface area contributed by atoms with Gasteiger partial charge >= 0.3 is 0 Å². The fourth-order valence-corrected chi connectivity index (χ4v) is 2.58. The van der Waals surface area contributed by atoms with Crippen LogP contribution in [-0.4, -0.2) is 72.0 Å². The fourth-order valence-electron chi connectivity index (χ4n) is 2.58. The number of β-amino-alcohol motifs (C(OH)–C–C–N with tert-alkyl or cyclic N) is 1. The van der Waals surface area contributed by atoms with E-state index in [9.17, 15) is 5.11 Å². The summed E-state index contributed by atoms with van der Waals surface area (Å²) in [6.07, 6.45) is -0.408. The predicted molar refractivity (Wildman–Crippen MR) is 82.7 cm³/mol. The molecule has 2 rings (SSSR count). The number of anilines is 1. The Balaban J connectivity index is 1.82. The third-order valence-corrected chi connectivity index (χ3v) is 3.61. The highest BCUT2D eigenvalue weighted by atomic mass is 16.5. The van der Waals surface area contributed by atoms with Gasteiger partial charge in [-0.3, -0.25) is 4.90 Å². The van der Waals surface area contributed by atoms with Crippen molar-refractivity contribution in [3.63, 3.8) is 0 Å². The summed E-state index contributed by atoms with van der Waals surface area (Å²) >= 11 is 0. The topological polar surface area (TPSA) is 61.7 Å². The van der Waals surface area contributed by atoms with Gasteiger partial charge in [0.15, 0.2) is 0 Å². The third-order valence-electron chi connectivity index (χ3n) is 3.61. The summed E-state index contributed by atoms with van der Waals surface area (Å²) < 4.78 is 5.25. The van der Waals surface area contributed by atoms with Crippen LogP contribution >= 0.6 is 0 Å². The largest absolute Gasteiger partial charge is 0.389 e. The van der Waals surface area contributed by atoms with Crippen LogP contribution in [0.5, 0.6) is 0 Å². The molecular formula is C15H26N4O2. The predicted octanol–water partition coefficient (Wildman–Crippen LogP) is 0.613. The van der Waals surface area contributed by atoms with E-state index in [0.717, 1.165) is 43.5 Å². The van der Waals surface area contributed by atoms with Crippen molar-refractivity contribution in [2.75, 3.05) is 50.8 Å².